The average molecular weight is 278 g/mol. The first kappa shape index (κ1) is 16.4. The fourth-order valence-electron chi connectivity index (χ4n) is 1.80. The number of rotatable bonds is 10. The Balaban J connectivity index is 2.31. The quantitative estimate of drug-likeness (QED) is 0.646. The van der Waals surface area contributed by atoms with Crippen LogP contribution in [0.1, 0.15) is 62.9 Å². The number of amides is 1. The highest BCUT2D eigenvalue weighted by atomic mass is 16.1. The Bertz CT molecular complexity index is 378. The number of carbonyl (C=O) groups excluding carboxylic acids is 1. The lowest BCUT2D eigenvalue weighted by molar-refractivity contribution is 0.0947. The van der Waals surface area contributed by atoms with Gasteiger partial charge in [0.15, 0.2) is 0 Å². The molecule has 5 nitrogen and oxygen atoms in total. The number of carbonyl (C=O) groups is 1. The monoisotopic (exact) mass is 278 g/mol. The lowest BCUT2D eigenvalue weighted by Gasteiger charge is -2.06. The molecule has 0 fully saturated rings. The Morgan fingerprint density at radius 2 is 1.70 bits per heavy atom. The van der Waals surface area contributed by atoms with Crippen molar-refractivity contribution in [3.63, 3.8) is 0 Å². The van der Waals surface area contributed by atoms with E-state index in [1.165, 1.54) is 19.0 Å². The molecular formula is C15H26N4O. The fourth-order valence-corrected chi connectivity index (χ4v) is 1.80. The molecule has 0 unspecified atom stereocenters. The number of nitrogens with zero attached hydrogens (tertiary/aromatic N) is 2. The standard InChI is InChI=1S/C15H26N4O/c1-3-5-7-9-16-14-12-18-13(11-19-14)15(20)17-10-8-6-4-2/h11-12H,3-10H2,1-2H3,(H,16,19)(H,17,20). The van der Waals surface area contributed by atoms with Gasteiger partial charge in [-0.05, 0) is 12.8 Å². The molecule has 1 heterocycles. The summed E-state index contributed by atoms with van der Waals surface area (Å²) < 4.78 is 0. The van der Waals surface area contributed by atoms with Crippen LogP contribution in [0.25, 0.3) is 0 Å². The number of nitrogens with one attached hydrogen (secondary N) is 2. The van der Waals surface area contributed by atoms with Crippen molar-refractivity contribution in [2.45, 2.75) is 52.4 Å². The van der Waals surface area contributed by atoms with Gasteiger partial charge < -0.3 is 10.6 Å². The van der Waals surface area contributed by atoms with Crippen molar-refractivity contribution >= 4 is 11.7 Å². The molecule has 0 aliphatic rings. The minimum Gasteiger partial charge on any atom is -0.369 e. The Labute approximate surface area is 121 Å². The van der Waals surface area contributed by atoms with E-state index < -0.39 is 0 Å². The third-order valence-electron chi connectivity index (χ3n) is 3.04. The van der Waals surface area contributed by atoms with E-state index in [0.29, 0.717) is 12.2 Å². The largest absolute Gasteiger partial charge is 0.369 e. The number of hydrogen-bond donors (Lipinski definition) is 2. The summed E-state index contributed by atoms with van der Waals surface area (Å²) in [5.74, 6) is 0.578. The molecule has 0 atom stereocenters. The van der Waals surface area contributed by atoms with Gasteiger partial charge >= 0.3 is 0 Å². The van der Waals surface area contributed by atoms with Crippen LogP contribution in [0, 0.1) is 0 Å². The summed E-state index contributed by atoms with van der Waals surface area (Å²) in [5.41, 5.74) is 0.376. The predicted octanol–water partition coefficient (Wildman–Crippen LogP) is 3.00. The van der Waals surface area contributed by atoms with Crippen molar-refractivity contribution in [1.82, 2.24) is 15.3 Å². The third kappa shape index (κ3) is 6.50. The average Bonchev–Trinajstić information content (AvgIpc) is 2.48. The molecule has 1 amide bonds. The van der Waals surface area contributed by atoms with Gasteiger partial charge in [0.25, 0.3) is 5.91 Å². The Morgan fingerprint density at radius 1 is 1.00 bits per heavy atom. The lowest BCUT2D eigenvalue weighted by atomic mass is 10.2. The SMILES string of the molecule is CCCCCNC(=O)c1cnc(NCCCCC)cn1. The summed E-state index contributed by atoms with van der Waals surface area (Å²) in [5, 5.41) is 6.05. The Morgan fingerprint density at radius 3 is 2.30 bits per heavy atom. The highest BCUT2D eigenvalue weighted by Crippen LogP contribution is 2.03. The summed E-state index contributed by atoms with van der Waals surface area (Å²) in [6.45, 7) is 5.91. The highest BCUT2D eigenvalue weighted by Gasteiger charge is 2.06. The van der Waals surface area contributed by atoms with Gasteiger partial charge in [-0.3, -0.25) is 4.79 Å². The van der Waals surface area contributed by atoms with E-state index >= 15 is 0 Å². The summed E-state index contributed by atoms with van der Waals surface area (Å²) in [6.07, 6.45) is 9.96. The van der Waals surface area contributed by atoms with E-state index in [-0.39, 0.29) is 5.91 Å². The van der Waals surface area contributed by atoms with Gasteiger partial charge in [-0.2, -0.15) is 0 Å². The van der Waals surface area contributed by atoms with Gasteiger partial charge in [-0.1, -0.05) is 39.5 Å². The molecule has 2 N–H and O–H groups in total. The van der Waals surface area contributed by atoms with Crippen molar-refractivity contribution in [2.75, 3.05) is 18.4 Å². The summed E-state index contributed by atoms with van der Waals surface area (Å²) in [4.78, 5) is 20.1. The molecule has 1 aromatic heterocycles. The molecular weight excluding hydrogens is 252 g/mol. The van der Waals surface area contributed by atoms with Crippen LogP contribution in [0.2, 0.25) is 0 Å². The number of unbranched alkanes of at least 4 members (excludes halogenated alkanes) is 4. The van der Waals surface area contributed by atoms with E-state index in [1.807, 2.05) is 0 Å². The highest BCUT2D eigenvalue weighted by molar-refractivity contribution is 5.91. The van der Waals surface area contributed by atoms with E-state index in [0.717, 1.165) is 38.0 Å². The Kier molecular flexibility index (Phi) is 8.35. The number of aromatic nitrogens is 2. The zero-order chi connectivity index (χ0) is 14.6. The molecule has 112 valence electrons. The second kappa shape index (κ2) is 10.2. The second-order valence-electron chi connectivity index (χ2n) is 4.88. The van der Waals surface area contributed by atoms with Crippen LogP contribution in [0.5, 0.6) is 0 Å². The molecule has 5 heteroatoms. The number of hydrogen-bond acceptors (Lipinski definition) is 4. The topological polar surface area (TPSA) is 66.9 Å². The molecule has 0 spiro atoms. The first-order chi connectivity index (χ1) is 9.77. The fraction of sp³-hybridized carbons (Fsp3) is 0.667. The Hall–Kier alpha value is -1.65. The van der Waals surface area contributed by atoms with Gasteiger partial charge in [-0.15, -0.1) is 0 Å². The molecule has 1 aromatic rings. The van der Waals surface area contributed by atoms with Crippen molar-refractivity contribution < 1.29 is 4.79 Å². The lowest BCUT2D eigenvalue weighted by Crippen LogP contribution is -2.25. The zero-order valence-electron chi connectivity index (χ0n) is 12.6. The molecule has 0 bridgehead atoms. The molecule has 1 rings (SSSR count). The van der Waals surface area contributed by atoms with Crippen LogP contribution in [0.4, 0.5) is 5.82 Å². The smallest absolute Gasteiger partial charge is 0.271 e. The van der Waals surface area contributed by atoms with E-state index in [4.69, 9.17) is 0 Å². The van der Waals surface area contributed by atoms with E-state index in [9.17, 15) is 4.79 Å². The van der Waals surface area contributed by atoms with Crippen LogP contribution >= 0.6 is 0 Å². The minimum atomic E-state index is -0.147. The molecule has 0 aromatic carbocycles. The maximum Gasteiger partial charge on any atom is 0.271 e. The van der Waals surface area contributed by atoms with Crippen molar-refractivity contribution in [1.29, 1.82) is 0 Å². The van der Waals surface area contributed by atoms with Gasteiger partial charge in [0, 0.05) is 13.1 Å². The molecule has 20 heavy (non-hydrogen) atoms. The summed E-state index contributed by atoms with van der Waals surface area (Å²) in [7, 11) is 0. The minimum absolute atomic E-state index is 0.147. The van der Waals surface area contributed by atoms with Crippen molar-refractivity contribution in [3.8, 4) is 0 Å². The first-order valence-electron chi connectivity index (χ1n) is 7.62. The van der Waals surface area contributed by atoms with E-state index in [2.05, 4.69) is 34.4 Å². The zero-order valence-corrected chi connectivity index (χ0v) is 12.6. The van der Waals surface area contributed by atoms with Gasteiger partial charge in [0.05, 0.1) is 12.4 Å². The second-order valence-corrected chi connectivity index (χ2v) is 4.88. The van der Waals surface area contributed by atoms with E-state index in [1.54, 1.807) is 6.20 Å². The molecule has 0 radical (unpaired) electrons. The summed E-state index contributed by atoms with van der Waals surface area (Å²) >= 11 is 0. The maximum atomic E-state index is 11.8. The normalized spacial score (nSPS) is 10.3. The van der Waals surface area contributed by atoms with Crippen LogP contribution < -0.4 is 10.6 Å². The van der Waals surface area contributed by atoms with Crippen molar-refractivity contribution in [2.24, 2.45) is 0 Å². The first-order valence-corrected chi connectivity index (χ1v) is 7.62. The van der Waals surface area contributed by atoms with Gasteiger partial charge in [0.2, 0.25) is 0 Å². The summed E-state index contributed by atoms with van der Waals surface area (Å²) in [6, 6.07) is 0. The molecule has 0 aliphatic carbocycles. The van der Waals surface area contributed by atoms with Crippen molar-refractivity contribution in [3.05, 3.63) is 18.1 Å². The molecule has 0 aliphatic heterocycles. The molecule has 0 saturated heterocycles. The predicted molar refractivity (Wildman–Crippen MR) is 81.9 cm³/mol. The van der Waals surface area contributed by atoms with Crippen LogP contribution in [0.15, 0.2) is 12.4 Å². The van der Waals surface area contributed by atoms with Crippen LogP contribution in [0.3, 0.4) is 0 Å². The van der Waals surface area contributed by atoms with Crippen LogP contribution in [-0.4, -0.2) is 29.0 Å². The van der Waals surface area contributed by atoms with Gasteiger partial charge in [-0.25, -0.2) is 9.97 Å². The number of anilines is 1. The third-order valence-corrected chi connectivity index (χ3v) is 3.04. The molecule has 0 saturated carbocycles. The van der Waals surface area contributed by atoms with Crippen LogP contribution in [-0.2, 0) is 0 Å². The van der Waals surface area contributed by atoms with Gasteiger partial charge in [0.1, 0.15) is 11.5 Å². The maximum absolute atomic E-state index is 11.8.